The second kappa shape index (κ2) is 7.55. The lowest BCUT2D eigenvalue weighted by Gasteiger charge is -2.28. The Morgan fingerprint density at radius 2 is 1.76 bits per heavy atom. The Balaban J connectivity index is 1.91. The number of nitrogens with one attached hydrogen (secondary N) is 1. The number of fused-ring (bicyclic) bond motifs is 1. The van der Waals surface area contributed by atoms with Crippen molar-refractivity contribution in [2.45, 2.75) is 6.04 Å². The minimum absolute atomic E-state index is 0.00414. The highest BCUT2D eigenvalue weighted by Gasteiger charge is 2.38. The van der Waals surface area contributed by atoms with Gasteiger partial charge in [0.25, 0.3) is 0 Å². The molecule has 0 saturated heterocycles. The number of carbonyl (C=O) groups is 2. The van der Waals surface area contributed by atoms with Crippen LogP contribution in [0, 0.1) is 0 Å². The molecule has 146 valence electrons. The maximum absolute atomic E-state index is 13.5. The molecule has 29 heavy (non-hydrogen) atoms. The first-order valence-electron chi connectivity index (χ1n) is 8.75. The van der Waals surface area contributed by atoms with E-state index in [1.807, 2.05) is 30.3 Å². The molecule has 0 spiro atoms. The predicted molar refractivity (Wildman–Crippen MR) is 102 cm³/mol. The zero-order valence-corrected chi connectivity index (χ0v) is 15.7. The Morgan fingerprint density at radius 3 is 2.41 bits per heavy atom. The van der Waals surface area contributed by atoms with Crippen LogP contribution in [0.1, 0.15) is 22.0 Å². The van der Waals surface area contributed by atoms with E-state index in [4.69, 9.17) is 9.47 Å². The van der Waals surface area contributed by atoms with Crippen LogP contribution in [0.15, 0.2) is 65.9 Å². The number of nitrogens with zero attached hydrogens (tertiary/aromatic N) is 4. The van der Waals surface area contributed by atoms with Crippen LogP contribution in [-0.2, 0) is 9.53 Å². The van der Waals surface area contributed by atoms with Crippen LogP contribution < -0.4 is 10.1 Å². The highest BCUT2D eigenvalue weighted by molar-refractivity contribution is 6.14. The normalized spacial score (nSPS) is 15.3. The van der Waals surface area contributed by atoms with E-state index in [0.29, 0.717) is 11.3 Å². The third-order valence-electron chi connectivity index (χ3n) is 4.62. The number of Topliss-reactive ketones (excluding diaryl/α,β-unsaturated/α-hetero) is 1. The molecule has 1 aromatic heterocycles. The van der Waals surface area contributed by atoms with Gasteiger partial charge in [0.05, 0.1) is 19.8 Å². The zero-order chi connectivity index (χ0) is 20.4. The largest absolute Gasteiger partial charge is 0.497 e. The first-order chi connectivity index (χ1) is 14.1. The summed E-state index contributed by atoms with van der Waals surface area (Å²) >= 11 is 0. The lowest BCUT2D eigenvalue weighted by Crippen LogP contribution is -2.32. The average molecular weight is 391 g/mol. The fraction of sp³-hybridized carbons (Fsp3) is 0.150. The van der Waals surface area contributed by atoms with Crippen LogP contribution in [0.2, 0.25) is 0 Å². The molecule has 3 aromatic rings. The summed E-state index contributed by atoms with van der Waals surface area (Å²) in [4.78, 5) is 26.0. The molecule has 0 fully saturated rings. The number of carbonyl (C=O) groups excluding carboxylic acids is 2. The number of tetrazole rings is 1. The van der Waals surface area contributed by atoms with E-state index >= 15 is 0 Å². The molecule has 1 N–H and O–H groups in total. The molecule has 0 saturated carbocycles. The van der Waals surface area contributed by atoms with Crippen LogP contribution in [0.3, 0.4) is 0 Å². The minimum Gasteiger partial charge on any atom is -0.497 e. The zero-order valence-electron chi connectivity index (χ0n) is 15.7. The van der Waals surface area contributed by atoms with Gasteiger partial charge in [-0.05, 0) is 40.3 Å². The Kier molecular flexibility index (Phi) is 4.78. The molecular formula is C20H17N5O4. The monoisotopic (exact) mass is 391 g/mol. The molecule has 2 aromatic carbocycles. The molecule has 2 heterocycles. The van der Waals surface area contributed by atoms with Gasteiger partial charge in [0.1, 0.15) is 17.5 Å². The molecule has 0 aliphatic carbocycles. The lowest BCUT2D eigenvalue weighted by molar-refractivity contribution is -0.136. The number of hydrogen-bond acceptors (Lipinski definition) is 8. The van der Waals surface area contributed by atoms with Crippen molar-refractivity contribution >= 4 is 17.7 Å². The van der Waals surface area contributed by atoms with Crippen molar-refractivity contribution in [1.82, 2.24) is 20.2 Å². The van der Waals surface area contributed by atoms with E-state index in [1.54, 1.807) is 31.4 Å². The van der Waals surface area contributed by atoms with Crippen LogP contribution in [-0.4, -0.2) is 46.2 Å². The minimum atomic E-state index is -0.703. The van der Waals surface area contributed by atoms with E-state index in [2.05, 4.69) is 20.8 Å². The highest BCUT2D eigenvalue weighted by Crippen LogP contribution is 2.36. The summed E-state index contributed by atoms with van der Waals surface area (Å²) in [7, 11) is 2.80. The fourth-order valence-corrected chi connectivity index (χ4v) is 3.23. The number of allylic oxidation sites excluding steroid dienone is 1. The van der Waals surface area contributed by atoms with Gasteiger partial charge in [-0.1, -0.05) is 35.4 Å². The van der Waals surface area contributed by atoms with Gasteiger partial charge in [0.15, 0.2) is 5.78 Å². The Hall–Kier alpha value is -4.01. The average Bonchev–Trinajstić information content (AvgIpc) is 3.25. The summed E-state index contributed by atoms with van der Waals surface area (Å²) in [5.41, 5.74) is 1.33. The SMILES string of the molecule is COC(=O)C1=C(C(=O)c2ccc(OC)cc2)[C@@H](c2ccccc2)n2nnnc2N1. The van der Waals surface area contributed by atoms with Crippen molar-refractivity contribution in [3.63, 3.8) is 0 Å². The van der Waals surface area contributed by atoms with E-state index in [-0.39, 0.29) is 23.0 Å². The number of methoxy groups -OCH3 is 2. The summed E-state index contributed by atoms with van der Waals surface area (Å²) in [5, 5.41) is 14.5. The van der Waals surface area contributed by atoms with Crippen LogP contribution in [0.4, 0.5) is 5.95 Å². The van der Waals surface area contributed by atoms with Crippen molar-refractivity contribution in [2.24, 2.45) is 0 Å². The maximum Gasteiger partial charge on any atom is 0.355 e. The second-order valence-corrected chi connectivity index (χ2v) is 6.22. The number of ether oxygens (including phenoxy) is 2. The van der Waals surface area contributed by atoms with Crippen molar-refractivity contribution in [2.75, 3.05) is 19.5 Å². The molecule has 0 radical (unpaired) electrons. The smallest absolute Gasteiger partial charge is 0.355 e. The lowest BCUT2D eigenvalue weighted by atomic mass is 9.89. The third kappa shape index (κ3) is 3.22. The van der Waals surface area contributed by atoms with E-state index in [0.717, 1.165) is 5.56 Å². The van der Waals surface area contributed by atoms with Crippen LogP contribution in [0.25, 0.3) is 0 Å². The van der Waals surface area contributed by atoms with Crippen molar-refractivity contribution < 1.29 is 19.1 Å². The summed E-state index contributed by atoms with van der Waals surface area (Å²) < 4.78 is 11.5. The summed E-state index contributed by atoms with van der Waals surface area (Å²) in [5.74, 6) is -0.175. The molecule has 0 amide bonds. The van der Waals surface area contributed by atoms with Gasteiger partial charge in [-0.25, -0.2) is 4.79 Å². The van der Waals surface area contributed by atoms with E-state index < -0.39 is 12.0 Å². The Morgan fingerprint density at radius 1 is 1.03 bits per heavy atom. The molecule has 0 bridgehead atoms. The topological polar surface area (TPSA) is 108 Å². The van der Waals surface area contributed by atoms with Crippen LogP contribution >= 0.6 is 0 Å². The van der Waals surface area contributed by atoms with Gasteiger partial charge in [0, 0.05) is 5.56 Å². The standard InChI is InChI=1S/C20H17N5O4/c1-28-14-10-8-13(9-11-14)18(26)15-16(19(27)29-2)21-20-22-23-24-25(20)17(15)12-6-4-3-5-7-12/h3-11,17H,1-2H3,(H,21,22,24)/t17-/m1/s1. The van der Waals surface area contributed by atoms with Gasteiger partial charge < -0.3 is 14.8 Å². The van der Waals surface area contributed by atoms with Gasteiger partial charge in [0.2, 0.25) is 5.95 Å². The van der Waals surface area contributed by atoms with Gasteiger partial charge >= 0.3 is 5.97 Å². The summed E-state index contributed by atoms with van der Waals surface area (Å²) in [6.45, 7) is 0. The molecule has 4 rings (SSSR count). The predicted octanol–water partition coefficient (Wildman–Crippen LogP) is 2.01. The van der Waals surface area contributed by atoms with Gasteiger partial charge in [-0.15, -0.1) is 0 Å². The van der Waals surface area contributed by atoms with Gasteiger partial charge in [-0.2, -0.15) is 4.68 Å². The van der Waals surface area contributed by atoms with E-state index in [9.17, 15) is 9.59 Å². The molecule has 1 aliphatic rings. The maximum atomic E-state index is 13.5. The second-order valence-electron chi connectivity index (χ2n) is 6.22. The first kappa shape index (κ1) is 18.4. The number of anilines is 1. The molecule has 9 heteroatoms. The van der Waals surface area contributed by atoms with Crippen molar-refractivity contribution in [1.29, 1.82) is 0 Å². The quantitative estimate of drug-likeness (QED) is 0.520. The van der Waals surface area contributed by atoms with Crippen molar-refractivity contribution in [3.8, 4) is 5.75 Å². The molecule has 9 nitrogen and oxygen atoms in total. The Bertz CT molecular complexity index is 1090. The summed E-state index contributed by atoms with van der Waals surface area (Å²) in [6.07, 6.45) is 0. The molecule has 1 aliphatic heterocycles. The number of hydrogen-bond donors (Lipinski definition) is 1. The molecular weight excluding hydrogens is 374 g/mol. The third-order valence-corrected chi connectivity index (χ3v) is 4.62. The number of esters is 1. The fourth-order valence-electron chi connectivity index (χ4n) is 3.23. The number of ketones is 1. The number of aromatic nitrogens is 4. The highest BCUT2D eigenvalue weighted by atomic mass is 16.5. The number of rotatable bonds is 5. The van der Waals surface area contributed by atoms with E-state index in [1.165, 1.54) is 11.8 Å². The molecule has 1 atom stereocenters. The van der Waals surface area contributed by atoms with Gasteiger partial charge in [-0.3, -0.25) is 4.79 Å². The Labute approximate surface area is 165 Å². The first-order valence-corrected chi connectivity index (χ1v) is 8.75. The number of benzene rings is 2. The van der Waals surface area contributed by atoms with Crippen molar-refractivity contribution in [3.05, 3.63) is 77.0 Å². The molecule has 0 unspecified atom stereocenters. The summed E-state index contributed by atoms with van der Waals surface area (Å²) in [6, 6.07) is 15.2. The van der Waals surface area contributed by atoms with Crippen LogP contribution in [0.5, 0.6) is 5.75 Å².